The van der Waals surface area contributed by atoms with Crippen LogP contribution < -0.4 is 0 Å². The van der Waals surface area contributed by atoms with Crippen LogP contribution in [0, 0.1) is 0 Å². The van der Waals surface area contributed by atoms with E-state index in [2.05, 4.69) is 18.7 Å². The average molecular weight is 249 g/mol. The highest BCUT2D eigenvalue weighted by Gasteiger charge is 2.26. The minimum atomic E-state index is -0.862. The third-order valence-corrected chi connectivity index (χ3v) is 3.45. The fourth-order valence-corrected chi connectivity index (χ4v) is 2.41. The summed E-state index contributed by atoms with van der Waals surface area (Å²) in [5.74, 6) is -0.862. The molecule has 0 bridgehead atoms. The molecule has 4 nitrogen and oxygen atoms in total. The summed E-state index contributed by atoms with van der Waals surface area (Å²) < 4.78 is 5.48. The topological polar surface area (TPSA) is 49.8 Å². The fourth-order valence-electron chi connectivity index (χ4n) is 2.41. The van der Waals surface area contributed by atoms with Gasteiger partial charge in [0, 0.05) is 18.6 Å². The van der Waals surface area contributed by atoms with Crippen LogP contribution in [0.15, 0.2) is 24.3 Å². The van der Waals surface area contributed by atoms with Crippen molar-refractivity contribution in [3.63, 3.8) is 0 Å². The Morgan fingerprint density at radius 3 is 2.56 bits per heavy atom. The van der Waals surface area contributed by atoms with Gasteiger partial charge in [0.2, 0.25) is 0 Å². The van der Waals surface area contributed by atoms with E-state index >= 15 is 0 Å². The van der Waals surface area contributed by atoms with Gasteiger partial charge in [0.25, 0.3) is 0 Å². The molecule has 1 aromatic carbocycles. The van der Waals surface area contributed by atoms with Gasteiger partial charge in [-0.3, -0.25) is 4.90 Å². The molecule has 0 aromatic heterocycles. The Balaban J connectivity index is 2.20. The van der Waals surface area contributed by atoms with Crippen molar-refractivity contribution in [2.45, 2.75) is 32.5 Å². The van der Waals surface area contributed by atoms with Gasteiger partial charge in [0.1, 0.15) is 0 Å². The lowest BCUT2D eigenvalue weighted by Crippen LogP contribution is -2.49. The van der Waals surface area contributed by atoms with E-state index in [0.717, 1.165) is 5.56 Å². The van der Waals surface area contributed by atoms with E-state index in [1.807, 2.05) is 12.1 Å². The number of carboxylic acid groups (broad SMARTS) is 1. The molecule has 18 heavy (non-hydrogen) atoms. The molecule has 1 aromatic rings. The molecular formula is C14H19NO3. The van der Waals surface area contributed by atoms with Crippen molar-refractivity contribution in [1.29, 1.82) is 0 Å². The van der Waals surface area contributed by atoms with Crippen LogP contribution in [0.25, 0.3) is 0 Å². The molecule has 0 aliphatic carbocycles. The number of aromatic carboxylic acids is 1. The first-order chi connectivity index (χ1) is 8.59. The second-order valence-corrected chi connectivity index (χ2v) is 4.87. The first-order valence-corrected chi connectivity index (χ1v) is 6.24. The maximum atomic E-state index is 11.2. The Labute approximate surface area is 107 Å². The molecule has 1 fully saturated rings. The Morgan fingerprint density at radius 1 is 1.33 bits per heavy atom. The second kappa shape index (κ2) is 5.50. The van der Waals surface area contributed by atoms with Gasteiger partial charge in [-0.05, 0) is 25.5 Å². The number of rotatable bonds is 3. The zero-order valence-electron chi connectivity index (χ0n) is 10.8. The third-order valence-electron chi connectivity index (χ3n) is 3.45. The van der Waals surface area contributed by atoms with Crippen LogP contribution in [0.3, 0.4) is 0 Å². The summed E-state index contributed by atoms with van der Waals surface area (Å²) >= 11 is 0. The lowest BCUT2D eigenvalue weighted by Gasteiger charge is -2.38. The van der Waals surface area contributed by atoms with Crippen molar-refractivity contribution in [3.8, 4) is 0 Å². The molecule has 1 N–H and O–H groups in total. The molecular weight excluding hydrogens is 230 g/mol. The summed E-state index contributed by atoms with van der Waals surface area (Å²) in [7, 11) is 0. The highest BCUT2D eigenvalue weighted by atomic mass is 16.5. The smallest absolute Gasteiger partial charge is 0.336 e. The normalized spacial score (nSPS) is 25.0. The summed E-state index contributed by atoms with van der Waals surface area (Å²) in [6.07, 6.45) is 0. The molecule has 2 atom stereocenters. The molecule has 4 heteroatoms. The first kappa shape index (κ1) is 13.1. The number of nitrogens with zero attached hydrogens (tertiary/aromatic N) is 1. The van der Waals surface area contributed by atoms with Crippen molar-refractivity contribution in [1.82, 2.24) is 4.90 Å². The van der Waals surface area contributed by atoms with Crippen LogP contribution in [0.5, 0.6) is 0 Å². The van der Waals surface area contributed by atoms with Crippen LogP contribution >= 0.6 is 0 Å². The summed E-state index contributed by atoms with van der Waals surface area (Å²) in [5, 5.41) is 9.18. The number of carbonyl (C=O) groups is 1. The van der Waals surface area contributed by atoms with Gasteiger partial charge in [-0.2, -0.15) is 0 Å². The number of carboxylic acids is 1. The molecule has 1 saturated heterocycles. The van der Waals surface area contributed by atoms with Crippen LogP contribution in [-0.2, 0) is 11.3 Å². The summed E-state index contributed by atoms with van der Waals surface area (Å²) in [6.45, 7) is 6.30. The van der Waals surface area contributed by atoms with Crippen molar-refractivity contribution in [3.05, 3.63) is 35.4 Å². The van der Waals surface area contributed by atoms with E-state index in [1.165, 1.54) is 0 Å². The SMILES string of the molecule is C[C@@H]1COC[C@H](C)N1Cc1ccccc1C(=O)O. The van der Waals surface area contributed by atoms with Gasteiger partial charge < -0.3 is 9.84 Å². The van der Waals surface area contributed by atoms with Gasteiger partial charge in [-0.25, -0.2) is 4.79 Å². The van der Waals surface area contributed by atoms with Crippen molar-refractivity contribution in [2.24, 2.45) is 0 Å². The highest BCUT2D eigenvalue weighted by Crippen LogP contribution is 2.19. The standard InChI is InChI=1S/C14H19NO3/c1-10-8-18-9-11(2)15(10)7-12-5-3-4-6-13(12)14(16)17/h3-6,10-11H,7-9H2,1-2H3,(H,16,17)/t10-,11+. The first-order valence-electron chi connectivity index (χ1n) is 6.24. The molecule has 98 valence electrons. The third kappa shape index (κ3) is 2.71. The van der Waals surface area contributed by atoms with E-state index in [-0.39, 0.29) is 0 Å². The molecule has 1 aliphatic rings. The molecule has 1 aliphatic heterocycles. The van der Waals surface area contributed by atoms with E-state index in [1.54, 1.807) is 12.1 Å². The Hall–Kier alpha value is -1.39. The Kier molecular flexibility index (Phi) is 3.99. The molecule has 0 radical (unpaired) electrons. The van der Waals surface area contributed by atoms with E-state index in [0.29, 0.717) is 37.4 Å². The monoisotopic (exact) mass is 249 g/mol. The van der Waals surface area contributed by atoms with E-state index in [9.17, 15) is 9.90 Å². The minimum absolute atomic E-state index is 0.315. The quantitative estimate of drug-likeness (QED) is 0.890. The number of hydrogen-bond acceptors (Lipinski definition) is 3. The largest absolute Gasteiger partial charge is 0.478 e. The predicted octanol–water partition coefficient (Wildman–Crippen LogP) is 1.99. The van der Waals surface area contributed by atoms with E-state index < -0.39 is 5.97 Å². The number of ether oxygens (including phenoxy) is 1. The fraction of sp³-hybridized carbons (Fsp3) is 0.500. The van der Waals surface area contributed by atoms with Gasteiger partial charge >= 0.3 is 5.97 Å². The van der Waals surface area contributed by atoms with Gasteiger partial charge in [0.15, 0.2) is 0 Å². The van der Waals surface area contributed by atoms with Crippen LogP contribution in [0.4, 0.5) is 0 Å². The second-order valence-electron chi connectivity index (χ2n) is 4.87. The van der Waals surface area contributed by atoms with Gasteiger partial charge in [-0.1, -0.05) is 18.2 Å². The Morgan fingerprint density at radius 2 is 1.94 bits per heavy atom. The maximum absolute atomic E-state index is 11.2. The lowest BCUT2D eigenvalue weighted by atomic mass is 10.0. The molecule has 0 unspecified atom stereocenters. The predicted molar refractivity (Wildman–Crippen MR) is 68.7 cm³/mol. The number of hydrogen-bond donors (Lipinski definition) is 1. The molecule has 0 spiro atoms. The molecule has 2 rings (SSSR count). The molecule has 0 amide bonds. The number of benzene rings is 1. The molecule has 1 heterocycles. The van der Waals surface area contributed by atoms with Crippen molar-refractivity contribution < 1.29 is 14.6 Å². The number of morpholine rings is 1. The average Bonchev–Trinajstić information content (AvgIpc) is 2.34. The Bertz CT molecular complexity index is 423. The zero-order valence-corrected chi connectivity index (χ0v) is 10.8. The molecule has 0 saturated carbocycles. The maximum Gasteiger partial charge on any atom is 0.336 e. The van der Waals surface area contributed by atoms with Crippen molar-refractivity contribution in [2.75, 3.05) is 13.2 Å². The van der Waals surface area contributed by atoms with Crippen LogP contribution in [0.1, 0.15) is 29.8 Å². The lowest BCUT2D eigenvalue weighted by molar-refractivity contribution is -0.0410. The summed E-state index contributed by atoms with van der Waals surface area (Å²) in [4.78, 5) is 13.5. The minimum Gasteiger partial charge on any atom is -0.478 e. The van der Waals surface area contributed by atoms with Crippen LogP contribution in [0.2, 0.25) is 0 Å². The summed E-state index contributed by atoms with van der Waals surface area (Å²) in [5.41, 5.74) is 1.26. The van der Waals surface area contributed by atoms with Crippen molar-refractivity contribution >= 4 is 5.97 Å². The summed E-state index contributed by atoms with van der Waals surface area (Å²) in [6, 6.07) is 7.83. The van der Waals surface area contributed by atoms with Gasteiger partial charge in [0.05, 0.1) is 18.8 Å². The zero-order chi connectivity index (χ0) is 13.1. The van der Waals surface area contributed by atoms with Crippen LogP contribution in [-0.4, -0.2) is 41.3 Å². The van der Waals surface area contributed by atoms with Gasteiger partial charge in [-0.15, -0.1) is 0 Å². The highest BCUT2D eigenvalue weighted by molar-refractivity contribution is 5.89. The van der Waals surface area contributed by atoms with E-state index in [4.69, 9.17) is 4.74 Å².